The minimum absolute atomic E-state index is 0.108. The van der Waals surface area contributed by atoms with Crippen LogP contribution in [0.2, 0.25) is 5.02 Å². The molecule has 2 aromatic carbocycles. The number of carbonyl (C=O) groups excluding carboxylic acids is 2. The van der Waals surface area contributed by atoms with E-state index in [0.717, 1.165) is 5.56 Å². The summed E-state index contributed by atoms with van der Waals surface area (Å²) in [5, 5.41) is 3.32. The van der Waals surface area contributed by atoms with Gasteiger partial charge in [-0.2, -0.15) is 4.31 Å². The maximum Gasteiger partial charge on any atom is 0.338 e. The highest BCUT2D eigenvalue weighted by Crippen LogP contribution is 2.26. The highest BCUT2D eigenvalue weighted by Gasteiger charge is 2.33. The Bertz CT molecular complexity index is 1070. The Morgan fingerprint density at radius 3 is 2.55 bits per heavy atom. The van der Waals surface area contributed by atoms with Gasteiger partial charge in [0.2, 0.25) is 15.9 Å². The van der Waals surface area contributed by atoms with Crippen LogP contribution in [-0.2, 0) is 19.6 Å². The van der Waals surface area contributed by atoms with E-state index in [9.17, 15) is 18.0 Å². The average molecular weight is 465 g/mol. The Labute approximate surface area is 187 Å². The molecular formula is C22H25ClN2O5S. The number of anilines is 1. The largest absolute Gasteiger partial charge is 0.462 e. The zero-order chi connectivity index (χ0) is 22.6. The number of benzene rings is 2. The first-order chi connectivity index (χ1) is 14.7. The van der Waals surface area contributed by atoms with E-state index < -0.39 is 21.9 Å². The van der Waals surface area contributed by atoms with Crippen LogP contribution in [0.25, 0.3) is 0 Å². The van der Waals surface area contributed by atoms with E-state index in [2.05, 4.69) is 5.32 Å². The topological polar surface area (TPSA) is 92.8 Å². The number of hydrogen-bond acceptors (Lipinski definition) is 5. The van der Waals surface area contributed by atoms with Crippen LogP contribution in [0.5, 0.6) is 0 Å². The van der Waals surface area contributed by atoms with Crippen LogP contribution < -0.4 is 5.32 Å². The molecule has 1 N–H and O–H groups in total. The molecule has 1 amide bonds. The zero-order valence-corrected chi connectivity index (χ0v) is 19.0. The second-order valence-electron chi connectivity index (χ2n) is 7.40. The van der Waals surface area contributed by atoms with Crippen LogP contribution in [0.1, 0.15) is 35.7 Å². The fourth-order valence-electron chi connectivity index (χ4n) is 3.51. The van der Waals surface area contributed by atoms with Crippen LogP contribution in [0, 0.1) is 12.8 Å². The number of halogens is 1. The molecule has 0 bridgehead atoms. The highest BCUT2D eigenvalue weighted by atomic mass is 35.5. The van der Waals surface area contributed by atoms with Crippen molar-refractivity contribution in [1.82, 2.24) is 4.31 Å². The number of nitrogens with zero attached hydrogens (tertiary/aromatic N) is 1. The van der Waals surface area contributed by atoms with Gasteiger partial charge in [0.25, 0.3) is 0 Å². The molecule has 1 unspecified atom stereocenters. The van der Waals surface area contributed by atoms with Crippen LogP contribution in [0.4, 0.5) is 5.69 Å². The van der Waals surface area contributed by atoms with Gasteiger partial charge in [0.05, 0.1) is 23.0 Å². The predicted octanol–water partition coefficient (Wildman–Crippen LogP) is 3.86. The number of sulfonamides is 1. The molecule has 1 aliphatic rings. The summed E-state index contributed by atoms with van der Waals surface area (Å²) in [5.41, 5.74) is 1.71. The van der Waals surface area contributed by atoms with Crippen LogP contribution in [0.15, 0.2) is 47.4 Å². The molecule has 0 saturated carbocycles. The number of aryl methyl sites for hydroxylation is 1. The SMILES string of the molecule is CCOC(=O)c1ccc(NC(=O)C2CCCN(S(=O)(=O)c3ccc(Cl)cc3)C2)c(C)c1. The molecule has 0 spiro atoms. The lowest BCUT2D eigenvalue weighted by molar-refractivity contribution is -0.120. The molecule has 0 aromatic heterocycles. The molecule has 0 aliphatic carbocycles. The monoisotopic (exact) mass is 464 g/mol. The molecule has 2 aromatic rings. The molecular weight excluding hydrogens is 440 g/mol. The molecule has 31 heavy (non-hydrogen) atoms. The smallest absolute Gasteiger partial charge is 0.338 e. The molecule has 1 aliphatic heterocycles. The molecule has 1 fully saturated rings. The van der Waals surface area contributed by atoms with E-state index in [1.165, 1.54) is 28.6 Å². The van der Waals surface area contributed by atoms with Crippen molar-refractivity contribution in [2.75, 3.05) is 25.0 Å². The van der Waals surface area contributed by atoms with Crippen molar-refractivity contribution in [1.29, 1.82) is 0 Å². The zero-order valence-electron chi connectivity index (χ0n) is 17.4. The second-order valence-corrected chi connectivity index (χ2v) is 9.77. The summed E-state index contributed by atoms with van der Waals surface area (Å²) in [6.45, 7) is 4.28. The summed E-state index contributed by atoms with van der Waals surface area (Å²) < 4.78 is 32.2. The van der Waals surface area contributed by atoms with Gasteiger partial charge in [-0.3, -0.25) is 4.79 Å². The number of rotatable bonds is 6. The van der Waals surface area contributed by atoms with Gasteiger partial charge in [-0.1, -0.05) is 11.6 Å². The Morgan fingerprint density at radius 2 is 1.90 bits per heavy atom. The second kappa shape index (κ2) is 9.80. The normalized spacial score (nSPS) is 17.2. The average Bonchev–Trinajstić information content (AvgIpc) is 2.75. The van der Waals surface area contributed by atoms with E-state index in [-0.39, 0.29) is 24.0 Å². The van der Waals surface area contributed by atoms with E-state index >= 15 is 0 Å². The lowest BCUT2D eigenvalue weighted by Gasteiger charge is -2.31. The van der Waals surface area contributed by atoms with E-state index in [1.54, 1.807) is 32.0 Å². The minimum Gasteiger partial charge on any atom is -0.462 e. The van der Waals surface area contributed by atoms with Gasteiger partial charge in [0.1, 0.15) is 0 Å². The standard InChI is InChI=1S/C22H25ClN2O5S/c1-3-30-22(27)16-6-11-20(15(2)13-16)24-21(26)17-5-4-12-25(14-17)31(28,29)19-9-7-18(23)8-10-19/h6-11,13,17H,3-5,12,14H2,1-2H3,(H,24,26). The van der Waals surface area contributed by atoms with Gasteiger partial charge < -0.3 is 10.1 Å². The maximum absolute atomic E-state index is 12.9. The van der Waals surface area contributed by atoms with Gasteiger partial charge in [-0.15, -0.1) is 0 Å². The van der Waals surface area contributed by atoms with Crippen molar-refractivity contribution in [2.45, 2.75) is 31.6 Å². The van der Waals surface area contributed by atoms with Crippen LogP contribution in [-0.4, -0.2) is 44.3 Å². The van der Waals surface area contributed by atoms with Gasteiger partial charge in [-0.05, 0) is 74.7 Å². The van der Waals surface area contributed by atoms with E-state index in [4.69, 9.17) is 16.3 Å². The summed E-state index contributed by atoms with van der Waals surface area (Å²) >= 11 is 5.86. The fraction of sp³-hybridized carbons (Fsp3) is 0.364. The van der Waals surface area contributed by atoms with Crippen LogP contribution >= 0.6 is 11.6 Å². The first kappa shape index (κ1) is 23.2. The number of hydrogen-bond donors (Lipinski definition) is 1. The van der Waals surface area contributed by atoms with Crippen molar-refractivity contribution < 1.29 is 22.7 Å². The molecule has 9 heteroatoms. The van der Waals surface area contributed by atoms with Crippen molar-refractivity contribution in [3.63, 3.8) is 0 Å². The molecule has 1 atom stereocenters. The molecule has 1 saturated heterocycles. The molecule has 1 heterocycles. The Kier molecular flexibility index (Phi) is 7.35. The number of nitrogens with one attached hydrogen (secondary N) is 1. The van der Waals surface area contributed by atoms with Crippen molar-refractivity contribution in [3.05, 3.63) is 58.6 Å². The lowest BCUT2D eigenvalue weighted by atomic mass is 9.98. The number of carbonyl (C=O) groups is 2. The third-order valence-corrected chi connectivity index (χ3v) is 7.33. The Balaban J connectivity index is 1.70. The number of ether oxygens (including phenoxy) is 1. The summed E-state index contributed by atoms with van der Waals surface area (Å²) in [4.78, 5) is 24.9. The summed E-state index contributed by atoms with van der Waals surface area (Å²) in [7, 11) is -3.70. The summed E-state index contributed by atoms with van der Waals surface area (Å²) in [6.07, 6.45) is 1.18. The molecule has 7 nitrogen and oxygen atoms in total. The molecule has 3 rings (SSSR count). The van der Waals surface area contributed by atoms with Gasteiger partial charge >= 0.3 is 5.97 Å². The summed E-state index contributed by atoms with van der Waals surface area (Å²) in [5.74, 6) is -1.14. The number of amides is 1. The van der Waals surface area contributed by atoms with Gasteiger partial charge in [0, 0.05) is 23.8 Å². The summed E-state index contributed by atoms with van der Waals surface area (Å²) in [6, 6.07) is 10.9. The minimum atomic E-state index is -3.70. The predicted molar refractivity (Wildman–Crippen MR) is 119 cm³/mol. The lowest BCUT2D eigenvalue weighted by Crippen LogP contribution is -2.43. The van der Waals surface area contributed by atoms with Gasteiger partial charge in [-0.25, -0.2) is 13.2 Å². The first-order valence-electron chi connectivity index (χ1n) is 10.1. The highest BCUT2D eigenvalue weighted by molar-refractivity contribution is 7.89. The van der Waals surface area contributed by atoms with Crippen molar-refractivity contribution in [2.24, 2.45) is 5.92 Å². The maximum atomic E-state index is 12.9. The third-order valence-electron chi connectivity index (χ3n) is 5.20. The van der Waals surface area contributed by atoms with Crippen molar-refractivity contribution in [3.8, 4) is 0 Å². The Hall–Kier alpha value is -2.42. The molecule has 0 radical (unpaired) electrons. The number of piperidine rings is 1. The van der Waals surface area contributed by atoms with Gasteiger partial charge in [0.15, 0.2) is 0 Å². The van der Waals surface area contributed by atoms with E-state index in [0.29, 0.717) is 35.7 Å². The van der Waals surface area contributed by atoms with E-state index in [1.807, 2.05) is 0 Å². The molecule has 166 valence electrons. The third kappa shape index (κ3) is 5.44. The first-order valence-corrected chi connectivity index (χ1v) is 11.9. The fourth-order valence-corrected chi connectivity index (χ4v) is 5.16. The van der Waals surface area contributed by atoms with Crippen LogP contribution in [0.3, 0.4) is 0 Å². The Morgan fingerprint density at radius 1 is 1.19 bits per heavy atom. The quantitative estimate of drug-likeness (QED) is 0.655. The number of esters is 1. The van der Waals surface area contributed by atoms with Crippen molar-refractivity contribution >= 4 is 39.2 Å².